The Balaban J connectivity index is 1.95. The van der Waals surface area contributed by atoms with Crippen molar-refractivity contribution < 1.29 is 9.50 Å². The Morgan fingerprint density at radius 1 is 1.12 bits per heavy atom. The molecule has 1 fully saturated rings. The van der Waals surface area contributed by atoms with Crippen LogP contribution in [0.1, 0.15) is 19.8 Å². The molecule has 1 atom stereocenters. The minimum atomic E-state index is -0.256. The molecular weight excluding hydrogens is 303 g/mol. The summed E-state index contributed by atoms with van der Waals surface area (Å²) in [4.78, 5) is 7.16. The number of aromatic nitrogens is 1. The molecule has 1 N–H and O–H groups in total. The summed E-state index contributed by atoms with van der Waals surface area (Å²) >= 11 is 0. The Morgan fingerprint density at radius 2 is 1.92 bits per heavy atom. The van der Waals surface area contributed by atoms with Gasteiger partial charge in [0.05, 0.1) is 16.9 Å². The van der Waals surface area contributed by atoms with Crippen LogP contribution >= 0.6 is 0 Å². The number of hydrogen-bond donors (Lipinski definition) is 1. The van der Waals surface area contributed by atoms with Crippen LogP contribution in [0.4, 0.5) is 10.1 Å². The number of halogens is 1. The first-order valence-electron chi connectivity index (χ1n) is 8.28. The third kappa shape index (κ3) is 2.58. The zero-order valence-electron chi connectivity index (χ0n) is 13.5. The Labute approximate surface area is 140 Å². The molecule has 4 heteroatoms. The lowest BCUT2D eigenvalue weighted by atomic mass is 10.1. The first-order valence-corrected chi connectivity index (χ1v) is 8.28. The molecule has 3 aromatic rings. The average Bonchev–Trinajstić information content (AvgIpc) is 3.00. The van der Waals surface area contributed by atoms with Crippen molar-refractivity contribution in [2.75, 3.05) is 11.4 Å². The van der Waals surface area contributed by atoms with Gasteiger partial charge in [0.15, 0.2) is 0 Å². The summed E-state index contributed by atoms with van der Waals surface area (Å²) in [5, 5.41) is 10.7. The molecule has 3 nitrogen and oxygen atoms in total. The van der Waals surface area contributed by atoms with Gasteiger partial charge in [0, 0.05) is 29.6 Å². The van der Waals surface area contributed by atoms with Crippen molar-refractivity contribution in [3.8, 4) is 17.0 Å². The van der Waals surface area contributed by atoms with E-state index in [0.717, 1.165) is 47.2 Å². The van der Waals surface area contributed by atoms with Crippen LogP contribution in [0.5, 0.6) is 5.75 Å². The molecule has 24 heavy (non-hydrogen) atoms. The predicted molar refractivity (Wildman–Crippen MR) is 94.8 cm³/mol. The van der Waals surface area contributed by atoms with Gasteiger partial charge in [-0.05, 0) is 62.2 Å². The highest BCUT2D eigenvalue weighted by Crippen LogP contribution is 2.36. The second-order valence-corrected chi connectivity index (χ2v) is 6.42. The molecular formula is C20H19FN2O. The van der Waals surface area contributed by atoms with E-state index >= 15 is 0 Å². The van der Waals surface area contributed by atoms with E-state index in [4.69, 9.17) is 4.98 Å². The van der Waals surface area contributed by atoms with Crippen LogP contribution in [0.15, 0.2) is 48.5 Å². The van der Waals surface area contributed by atoms with Crippen LogP contribution in [0, 0.1) is 5.82 Å². The highest BCUT2D eigenvalue weighted by molar-refractivity contribution is 5.90. The van der Waals surface area contributed by atoms with Gasteiger partial charge in [0.25, 0.3) is 0 Å². The van der Waals surface area contributed by atoms with E-state index in [1.807, 2.05) is 6.07 Å². The van der Waals surface area contributed by atoms with Gasteiger partial charge < -0.3 is 10.0 Å². The SMILES string of the molecule is C[C@H]1CCCN1c1cc2ccc(O)cc2nc1-c1ccc(F)cc1. The van der Waals surface area contributed by atoms with Gasteiger partial charge in [0.1, 0.15) is 11.6 Å². The van der Waals surface area contributed by atoms with E-state index in [0.29, 0.717) is 6.04 Å². The maximum Gasteiger partial charge on any atom is 0.123 e. The number of phenolic OH excluding ortho intramolecular Hbond substituents is 1. The molecule has 0 spiro atoms. The van der Waals surface area contributed by atoms with E-state index in [1.165, 1.54) is 12.1 Å². The van der Waals surface area contributed by atoms with Crippen molar-refractivity contribution in [3.63, 3.8) is 0 Å². The maximum atomic E-state index is 13.3. The van der Waals surface area contributed by atoms with E-state index in [9.17, 15) is 9.50 Å². The monoisotopic (exact) mass is 322 g/mol. The van der Waals surface area contributed by atoms with Gasteiger partial charge in [-0.1, -0.05) is 0 Å². The van der Waals surface area contributed by atoms with E-state index in [1.54, 1.807) is 24.3 Å². The topological polar surface area (TPSA) is 36.4 Å². The zero-order chi connectivity index (χ0) is 16.7. The standard InChI is InChI=1S/C20H19FN2O/c1-13-3-2-10-23(13)19-11-15-6-9-17(24)12-18(15)22-20(19)14-4-7-16(21)8-5-14/h4-9,11-13,24H,2-3,10H2,1H3/t13-/m0/s1. The summed E-state index contributed by atoms with van der Waals surface area (Å²) in [6, 6.07) is 14.3. The molecule has 1 saturated heterocycles. The normalized spacial score (nSPS) is 17.6. The van der Waals surface area contributed by atoms with E-state index < -0.39 is 0 Å². The smallest absolute Gasteiger partial charge is 0.123 e. The minimum absolute atomic E-state index is 0.197. The molecule has 4 rings (SSSR count). The third-order valence-electron chi connectivity index (χ3n) is 4.76. The quantitative estimate of drug-likeness (QED) is 0.740. The summed E-state index contributed by atoms with van der Waals surface area (Å²) < 4.78 is 13.3. The number of aromatic hydroxyl groups is 1. The van der Waals surface area contributed by atoms with Gasteiger partial charge >= 0.3 is 0 Å². The minimum Gasteiger partial charge on any atom is -0.508 e. The molecule has 1 aliphatic heterocycles. The second kappa shape index (κ2) is 5.78. The van der Waals surface area contributed by atoms with Gasteiger partial charge in [0.2, 0.25) is 0 Å². The number of hydrogen-bond acceptors (Lipinski definition) is 3. The maximum absolute atomic E-state index is 13.3. The molecule has 2 heterocycles. The van der Waals surface area contributed by atoms with Gasteiger partial charge in [-0.3, -0.25) is 0 Å². The number of benzene rings is 2. The second-order valence-electron chi connectivity index (χ2n) is 6.42. The van der Waals surface area contributed by atoms with Crippen molar-refractivity contribution in [1.82, 2.24) is 4.98 Å². The van der Waals surface area contributed by atoms with Crippen molar-refractivity contribution in [2.45, 2.75) is 25.8 Å². The Morgan fingerprint density at radius 3 is 2.62 bits per heavy atom. The molecule has 2 aromatic carbocycles. The number of phenols is 1. The van der Waals surface area contributed by atoms with Crippen molar-refractivity contribution >= 4 is 16.6 Å². The number of pyridine rings is 1. The Bertz CT molecular complexity index is 892. The van der Waals surface area contributed by atoms with Gasteiger partial charge in [-0.25, -0.2) is 9.37 Å². The van der Waals surface area contributed by atoms with Crippen molar-refractivity contribution in [1.29, 1.82) is 0 Å². The zero-order valence-corrected chi connectivity index (χ0v) is 13.5. The number of anilines is 1. The number of fused-ring (bicyclic) bond motifs is 1. The highest BCUT2D eigenvalue weighted by atomic mass is 19.1. The summed E-state index contributed by atoms with van der Waals surface area (Å²) in [7, 11) is 0. The number of nitrogens with zero attached hydrogens (tertiary/aromatic N) is 2. The fourth-order valence-corrected chi connectivity index (χ4v) is 3.47. The lowest BCUT2D eigenvalue weighted by molar-refractivity contribution is 0.476. The summed E-state index contributed by atoms with van der Waals surface area (Å²) in [5.74, 6) is -0.0596. The fraction of sp³-hybridized carbons (Fsp3) is 0.250. The molecule has 0 unspecified atom stereocenters. The lowest BCUT2D eigenvalue weighted by Crippen LogP contribution is -2.27. The van der Waals surface area contributed by atoms with Gasteiger partial charge in [-0.15, -0.1) is 0 Å². The molecule has 0 amide bonds. The van der Waals surface area contributed by atoms with Crippen LogP contribution in [-0.4, -0.2) is 22.7 Å². The molecule has 122 valence electrons. The van der Waals surface area contributed by atoms with Crippen LogP contribution in [0.2, 0.25) is 0 Å². The molecule has 0 aliphatic carbocycles. The van der Waals surface area contributed by atoms with E-state index in [2.05, 4.69) is 17.9 Å². The Kier molecular flexibility index (Phi) is 3.60. The lowest BCUT2D eigenvalue weighted by Gasteiger charge is -2.26. The fourth-order valence-electron chi connectivity index (χ4n) is 3.47. The molecule has 0 saturated carbocycles. The molecule has 1 aliphatic rings. The third-order valence-corrected chi connectivity index (χ3v) is 4.76. The van der Waals surface area contributed by atoms with Crippen molar-refractivity contribution in [2.24, 2.45) is 0 Å². The largest absolute Gasteiger partial charge is 0.508 e. The van der Waals surface area contributed by atoms with Crippen LogP contribution in [0.3, 0.4) is 0 Å². The van der Waals surface area contributed by atoms with Crippen LogP contribution in [0.25, 0.3) is 22.2 Å². The Hall–Kier alpha value is -2.62. The molecule has 0 radical (unpaired) electrons. The number of rotatable bonds is 2. The molecule has 0 bridgehead atoms. The van der Waals surface area contributed by atoms with Crippen molar-refractivity contribution in [3.05, 3.63) is 54.3 Å². The van der Waals surface area contributed by atoms with Crippen LogP contribution < -0.4 is 4.90 Å². The predicted octanol–water partition coefficient (Wildman–Crippen LogP) is 4.74. The van der Waals surface area contributed by atoms with Gasteiger partial charge in [-0.2, -0.15) is 0 Å². The summed E-state index contributed by atoms with van der Waals surface area (Å²) in [5.41, 5.74) is 3.53. The first kappa shape index (κ1) is 14.9. The molecule has 1 aromatic heterocycles. The highest BCUT2D eigenvalue weighted by Gasteiger charge is 2.24. The summed E-state index contributed by atoms with van der Waals surface area (Å²) in [6.45, 7) is 3.23. The summed E-state index contributed by atoms with van der Waals surface area (Å²) in [6.07, 6.45) is 2.33. The van der Waals surface area contributed by atoms with E-state index in [-0.39, 0.29) is 11.6 Å². The average molecular weight is 322 g/mol. The van der Waals surface area contributed by atoms with Crippen LogP contribution in [-0.2, 0) is 0 Å². The first-order chi connectivity index (χ1) is 11.6.